The molecule has 2 saturated carbocycles. The third-order valence-electron chi connectivity index (χ3n) is 9.71. The summed E-state index contributed by atoms with van der Waals surface area (Å²) in [6.07, 6.45) is 12.0. The fraction of sp³-hybridized carbons (Fsp3) is 0.517. The number of rotatable bonds is 1. The lowest BCUT2D eigenvalue weighted by atomic mass is 9.49. The van der Waals surface area contributed by atoms with Gasteiger partial charge in [-0.15, -0.1) is 0 Å². The lowest BCUT2D eigenvalue weighted by molar-refractivity contribution is -0.143. The third-order valence-corrected chi connectivity index (χ3v) is 10.0. The number of halogens is 1. The van der Waals surface area contributed by atoms with Crippen LogP contribution in [0.2, 0.25) is 5.15 Å². The minimum absolute atomic E-state index is 0.0120. The first-order valence-corrected chi connectivity index (χ1v) is 13.0. The number of nitrogens with zero attached hydrogens (tertiary/aromatic N) is 2. The lowest BCUT2D eigenvalue weighted by Gasteiger charge is -2.56. The molecule has 0 saturated heterocycles. The van der Waals surface area contributed by atoms with E-state index in [0.29, 0.717) is 30.3 Å². The molecule has 0 radical (unpaired) electrons. The van der Waals surface area contributed by atoms with Crippen molar-refractivity contribution >= 4 is 27.9 Å². The van der Waals surface area contributed by atoms with Crippen LogP contribution in [0.3, 0.4) is 0 Å². The second-order valence-corrected chi connectivity index (χ2v) is 11.6. The predicted molar refractivity (Wildman–Crippen MR) is 134 cm³/mol. The Labute approximate surface area is 206 Å². The van der Waals surface area contributed by atoms with Gasteiger partial charge in [0.15, 0.2) is 0 Å². The van der Waals surface area contributed by atoms with Crippen molar-refractivity contribution < 1.29 is 10.2 Å². The van der Waals surface area contributed by atoms with Crippen molar-refractivity contribution in [1.82, 2.24) is 4.98 Å². The molecule has 5 unspecified atom stereocenters. The first-order valence-electron chi connectivity index (χ1n) is 12.6. The minimum Gasteiger partial charge on any atom is -0.393 e. The van der Waals surface area contributed by atoms with E-state index in [1.807, 2.05) is 12.1 Å². The molecule has 6 atom stereocenters. The summed E-state index contributed by atoms with van der Waals surface area (Å²) in [5.41, 5.74) is 1.48. The average molecular weight is 475 g/mol. The zero-order valence-electron chi connectivity index (χ0n) is 19.6. The Hall–Kier alpha value is -2.19. The van der Waals surface area contributed by atoms with E-state index in [-0.39, 0.29) is 17.4 Å². The van der Waals surface area contributed by atoms with Crippen molar-refractivity contribution in [3.63, 3.8) is 0 Å². The first-order chi connectivity index (χ1) is 16.3. The number of aliphatic hydroxyl groups excluding tert-OH is 1. The zero-order valence-corrected chi connectivity index (χ0v) is 20.4. The van der Waals surface area contributed by atoms with Crippen molar-refractivity contribution in [1.29, 1.82) is 5.26 Å². The van der Waals surface area contributed by atoms with Crippen molar-refractivity contribution in [2.45, 2.75) is 70.0 Å². The highest BCUT2D eigenvalue weighted by Gasteiger charge is 2.65. The molecular formula is C29H31ClN2O2. The molecular weight excluding hydrogens is 444 g/mol. The Morgan fingerprint density at radius 2 is 2.00 bits per heavy atom. The van der Waals surface area contributed by atoms with Gasteiger partial charge in [-0.2, -0.15) is 5.26 Å². The zero-order chi connectivity index (χ0) is 23.7. The molecule has 0 spiro atoms. The maximum absolute atomic E-state index is 12.5. The van der Waals surface area contributed by atoms with Gasteiger partial charge in [-0.1, -0.05) is 48.4 Å². The van der Waals surface area contributed by atoms with Crippen LogP contribution < -0.4 is 0 Å². The number of benzene rings is 1. The van der Waals surface area contributed by atoms with Gasteiger partial charge in [-0.25, -0.2) is 4.98 Å². The number of hydrogen-bond donors (Lipinski definition) is 2. The van der Waals surface area contributed by atoms with Gasteiger partial charge in [0.05, 0.1) is 17.8 Å². The molecule has 5 heteroatoms. The van der Waals surface area contributed by atoms with Crippen molar-refractivity contribution in [2.75, 3.05) is 0 Å². The van der Waals surface area contributed by atoms with Crippen molar-refractivity contribution in [2.24, 2.45) is 22.7 Å². The highest BCUT2D eigenvalue weighted by atomic mass is 35.5. The molecule has 0 amide bonds. The number of fused-ring (bicyclic) bond motifs is 5. The highest BCUT2D eigenvalue weighted by Crippen LogP contribution is 2.66. The van der Waals surface area contributed by atoms with E-state index >= 15 is 0 Å². The van der Waals surface area contributed by atoms with Gasteiger partial charge in [-0.3, -0.25) is 0 Å². The highest BCUT2D eigenvalue weighted by molar-refractivity contribution is 6.34. The second-order valence-electron chi connectivity index (χ2n) is 11.3. The molecule has 34 heavy (non-hydrogen) atoms. The summed E-state index contributed by atoms with van der Waals surface area (Å²) in [5.74, 6) is 0.365. The molecule has 4 aliphatic rings. The van der Waals surface area contributed by atoms with E-state index < -0.39 is 11.0 Å². The van der Waals surface area contributed by atoms with Crippen LogP contribution in [0.1, 0.15) is 63.9 Å². The van der Waals surface area contributed by atoms with Gasteiger partial charge >= 0.3 is 0 Å². The topological polar surface area (TPSA) is 77.1 Å². The average Bonchev–Trinajstić information content (AvgIpc) is 3.12. The summed E-state index contributed by atoms with van der Waals surface area (Å²) in [5, 5.41) is 35.8. The molecule has 1 aromatic heterocycles. The normalized spacial score (nSPS) is 39.2. The number of pyridine rings is 1. The Balaban J connectivity index is 1.41. The van der Waals surface area contributed by atoms with E-state index in [0.717, 1.165) is 48.4 Å². The third kappa shape index (κ3) is 3.00. The van der Waals surface area contributed by atoms with E-state index in [2.05, 4.69) is 42.3 Å². The standard InChI is InChI=1S/C29H31ClN2O2/c1-27-11-12-28(17-31)16-21-15-22(33)4-2-18(21)8-10-29(28,34)25(27)7-6-24(27)20-3-5-23-19(14-20)9-13-32-26(23)30/h3,5-6,9,13-14,16,18,22,25,33-34H,2,4,7-8,10-12,15H2,1H3/t18?,22?,25?,27?,28?,29-/m0/s1. The minimum atomic E-state index is -1.08. The van der Waals surface area contributed by atoms with Crippen LogP contribution in [0.4, 0.5) is 0 Å². The maximum atomic E-state index is 12.5. The summed E-state index contributed by atoms with van der Waals surface area (Å²) in [7, 11) is 0. The summed E-state index contributed by atoms with van der Waals surface area (Å²) in [6, 6.07) is 10.9. The van der Waals surface area contributed by atoms with Gasteiger partial charge in [0.25, 0.3) is 0 Å². The Bertz CT molecular complexity index is 1280. The van der Waals surface area contributed by atoms with Gasteiger partial charge in [0.2, 0.25) is 0 Å². The number of allylic oxidation sites excluding steroid dienone is 2. The van der Waals surface area contributed by atoms with E-state index in [9.17, 15) is 15.5 Å². The Morgan fingerprint density at radius 3 is 2.82 bits per heavy atom. The second kappa shape index (κ2) is 7.65. The number of aromatic nitrogens is 1. The molecule has 0 bridgehead atoms. The largest absolute Gasteiger partial charge is 0.393 e. The Kier molecular flexibility index (Phi) is 5.02. The molecule has 176 valence electrons. The molecule has 0 aliphatic heterocycles. The monoisotopic (exact) mass is 474 g/mol. The van der Waals surface area contributed by atoms with Crippen LogP contribution in [-0.2, 0) is 0 Å². The van der Waals surface area contributed by atoms with Gasteiger partial charge in [0.1, 0.15) is 10.6 Å². The number of nitriles is 1. The first kappa shape index (κ1) is 22.3. The lowest BCUT2D eigenvalue weighted by Crippen LogP contribution is -2.59. The molecule has 1 aromatic carbocycles. The van der Waals surface area contributed by atoms with Crippen LogP contribution in [-0.4, -0.2) is 26.9 Å². The summed E-state index contributed by atoms with van der Waals surface area (Å²) in [6.45, 7) is 2.29. The molecule has 4 nitrogen and oxygen atoms in total. The number of aliphatic hydroxyl groups is 2. The Morgan fingerprint density at radius 1 is 1.15 bits per heavy atom. The van der Waals surface area contributed by atoms with Crippen molar-refractivity contribution in [3.8, 4) is 6.07 Å². The van der Waals surface area contributed by atoms with Crippen molar-refractivity contribution in [3.05, 3.63) is 58.9 Å². The SMILES string of the molecule is CC12CCC3(C#N)C=C4CC(O)CCC4CC[C@]3(O)C1CC=C2c1ccc2c(Cl)nccc2c1. The van der Waals surface area contributed by atoms with E-state index in [4.69, 9.17) is 11.6 Å². The smallest absolute Gasteiger partial charge is 0.136 e. The molecule has 6 rings (SSSR count). The van der Waals surface area contributed by atoms with Gasteiger partial charge in [-0.05, 0) is 91.4 Å². The summed E-state index contributed by atoms with van der Waals surface area (Å²) < 4.78 is 0. The fourth-order valence-electron chi connectivity index (χ4n) is 7.80. The van der Waals surface area contributed by atoms with Crippen LogP contribution >= 0.6 is 11.6 Å². The molecule has 1 heterocycles. The molecule has 4 aliphatic carbocycles. The summed E-state index contributed by atoms with van der Waals surface area (Å²) in [4.78, 5) is 4.20. The molecule has 2 aromatic rings. The van der Waals surface area contributed by atoms with E-state index in [1.165, 1.54) is 11.1 Å². The van der Waals surface area contributed by atoms with Crippen LogP contribution in [0.5, 0.6) is 0 Å². The summed E-state index contributed by atoms with van der Waals surface area (Å²) >= 11 is 6.30. The predicted octanol–water partition coefficient (Wildman–Crippen LogP) is 6.21. The quantitative estimate of drug-likeness (QED) is 0.380. The molecule has 2 N–H and O–H groups in total. The maximum Gasteiger partial charge on any atom is 0.136 e. The van der Waals surface area contributed by atoms with Gasteiger partial charge < -0.3 is 10.2 Å². The molecule has 2 fully saturated rings. The van der Waals surface area contributed by atoms with Crippen LogP contribution in [0.15, 0.2) is 48.2 Å². The number of hydrogen-bond acceptors (Lipinski definition) is 4. The van der Waals surface area contributed by atoms with Crippen LogP contribution in [0, 0.1) is 34.0 Å². The van der Waals surface area contributed by atoms with E-state index in [1.54, 1.807) is 6.20 Å². The fourth-order valence-corrected chi connectivity index (χ4v) is 8.03. The van der Waals surface area contributed by atoms with Crippen LogP contribution in [0.25, 0.3) is 16.3 Å². The van der Waals surface area contributed by atoms with Gasteiger partial charge in [0, 0.05) is 17.5 Å².